The molecule has 20 heavy (non-hydrogen) atoms. The van der Waals surface area contributed by atoms with Gasteiger partial charge in [0.25, 0.3) is 0 Å². The van der Waals surface area contributed by atoms with Gasteiger partial charge in [-0.25, -0.2) is 5.84 Å². The summed E-state index contributed by atoms with van der Waals surface area (Å²) in [7, 11) is 0. The van der Waals surface area contributed by atoms with Gasteiger partial charge in [-0.05, 0) is 36.4 Å². The summed E-state index contributed by atoms with van der Waals surface area (Å²) in [5, 5.41) is 0. The Balaban J connectivity index is 2.18. The van der Waals surface area contributed by atoms with Crippen molar-refractivity contribution in [1.82, 2.24) is 5.43 Å². The van der Waals surface area contributed by atoms with Crippen LogP contribution in [0.25, 0.3) is 11.3 Å². The van der Waals surface area contributed by atoms with Crippen molar-refractivity contribution in [1.29, 1.82) is 0 Å². The Hall–Kier alpha value is -2.48. The highest BCUT2D eigenvalue weighted by molar-refractivity contribution is 5.91. The van der Waals surface area contributed by atoms with E-state index in [1.165, 1.54) is 24.3 Å². The Morgan fingerprint density at radius 2 is 1.80 bits per heavy atom. The quantitative estimate of drug-likeness (QED) is 0.516. The number of hydrogen-bond acceptors (Lipinski definition) is 4. The van der Waals surface area contributed by atoms with Crippen LogP contribution in [0.3, 0.4) is 0 Å². The summed E-state index contributed by atoms with van der Waals surface area (Å²) in [6.45, 7) is 0. The molecular formula is C12H9F3N2O3. The molecule has 2 rings (SSSR count). The van der Waals surface area contributed by atoms with Gasteiger partial charge in [0, 0.05) is 5.56 Å². The average molecular weight is 286 g/mol. The number of nitrogen functional groups attached to an aromatic ring is 1. The van der Waals surface area contributed by atoms with Crippen LogP contribution in [0.15, 0.2) is 40.8 Å². The van der Waals surface area contributed by atoms with Crippen molar-refractivity contribution in [3.05, 3.63) is 42.2 Å². The van der Waals surface area contributed by atoms with Crippen molar-refractivity contribution in [2.75, 3.05) is 0 Å². The fraction of sp³-hybridized carbons (Fsp3) is 0.0833. The third kappa shape index (κ3) is 3.29. The summed E-state index contributed by atoms with van der Waals surface area (Å²) in [6.07, 6.45) is -4.74. The minimum absolute atomic E-state index is 0.00174. The highest BCUT2D eigenvalue weighted by atomic mass is 19.4. The van der Waals surface area contributed by atoms with E-state index >= 15 is 0 Å². The molecule has 1 amide bonds. The van der Waals surface area contributed by atoms with Gasteiger partial charge in [0.15, 0.2) is 5.76 Å². The maximum Gasteiger partial charge on any atom is 0.573 e. The van der Waals surface area contributed by atoms with Crippen molar-refractivity contribution in [2.45, 2.75) is 6.36 Å². The molecular weight excluding hydrogens is 277 g/mol. The lowest BCUT2D eigenvalue weighted by Crippen LogP contribution is -2.29. The average Bonchev–Trinajstić information content (AvgIpc) is 2.86. The summed E-state index contributed by atoms with van der Waals surface area (Å²) in [5.41, 5.74) is 2.40. The van der Waals surface area contributed by atoms with Crippen molar-refractivity contribution < 1.29 is 27.1 Å². The monoisotopic (exact) mass is 286 g/mol. The molecule has 106 valence electrons. The number of furan rings is 1. The molecule has 2 aromatic rings. The van der Waals surface area contributed by atoms with Crippen LogP contribution in [-0.4, -0.2) is 12.3 Å². The number of hydrogen-bond donors (Lipinski definition) is 2. The van der Waals surface area contributed by atoms with Gasteiger partial charge in [0.2, 0.25) is 0 Å². The molecule has 0 unspecified atom stereocenters. The molecule has 3 N–H and O–H groups in total. The Kier molecular flexibility index (Phi) is 3.66. The van der Waals surface area contributed by atoms with E-state index in [9.17, 15) is 18.0 Å². The largest absolute Gasteiger partial charge is 0.573 e. The molecule has 0 radical (unpaired) electrons. The number of amides is 1. The van der Waals surface area contributed by atoms with Gasteiger partial charge >= 0.3 is 12.3 Å². The first-order chi connectivity index (χ1) is 9.39. The van der Waals surface area contributed by atoms with Gasteiger partial charge in [-0.3, -0.25) is 10.2 Å². The summed E-state index contributed by atoms with van der Waals surface area (Å²) in [4.78, 5) is 11.2. The number of nitrogens with one attached hydrogen (secondary N) is 1. The Morgan fingerprint density at radius 1 is 1.15 bits per heavy atom. The molecule has 0 saturated carbocycles. The van der Waals surface area contributed by atoms with Gasteiger partial charge in [0.1, 0.15) is 11.5 Å². The number of alkyl halides is 3. The Labute approximate surface area is 111 Å². The van der Waals surface area contributed by atoms with Crippen LogP contribution in [0.2, 0.25) is 0 Å². The number of carbonyl (C=O) groups is 1. The summed E-state index contributed by atoms with van der Waals surface area (Å²) >= 11 is 0. The third-order valence-corrected chi connectivity index (χ3v) is 2.33. The highest BCUT2D eigenvalue weighted by Crippen LogP contribution is 2.27. The van der Waals surface area contributed by atoms with E-state index in [1.54, 1.807) is 0 Å². The first-order valence-corrected chi connectivity index (χ1v) is 5.36. The standard InChI is InChI=1S/C12H9F3N2O3/c13-12(14,15)20-8-3-1-7(2-4-8)9-5-6-10(19-9)11(18)17-16/h1-6H,16H2,(H,17,18). The summed E-state index contributed by atoms with van der Waals surface area (Å²) in [5.74, 6) is 4.32. The van der Waals surface area contributed by atoms with E-state index in [2.05, 4.69) is 4.74 Å². The molecule has 0 aliphatic heterocycles. The Morgan fingerprint density at radius 3 is 2.35 bits per heavy atom. The third-order valence-electron chi connectivity index (χ3n) is 2.33. The van der Waals surface area contributed by atoms with Crippen LogP contribution in [0.5, 0.6) is 5.75 Å². The van der Waals surface area contributed by atoms with E-state index < -0.39 is 12.3 Å². The van der Waals surface area contributed by atoms with Gasteiger partial charge < -0.3 is 9.15 Å². The number of halogens is 3. The highest BCUT2D eigenvalue weighted by Gasteiger charge is 2.31. The van der Waals surface area contributed by atoms with Gasteiger partial charge in [-0.1, -0.05) is 0 Å². The zero-order valence-electron chi connectivity index (χ0n) is 9.90. The molecule has 1 heterocycles. The molecule has 0 spiro atoms. The molecule has 0 atom stereocenters. The van der Waals surface area contributed by atoms with Gasteiger partial charge in [0.05, 0.1) is 0 Å². The fourth-order valence-electron chi connectivity index (χ4n) is 1.51. The Bertz CT molecular complexity index is 605. The molecule has 8 heteroatoms. The lowest BCUT2D eigenvalue weighted by Gasteiger charge is -2.08. The predicted octanol–water partition coefficient (Wildman–Crippen LogP) is 2.45. The topological polar surface area (TPSA) is 77.5 Å². The second-order valence-electron chi connectivity index (χ2n) is 3.71. The van der Waals surface area contributed by atoms with Crippen molar-refractivity contribution in [3.8, 4) is 17.1 Å². The van der Waals surface area contributed by atoms with E-state index in [4.69, 9.17) is 10.3 Å². The van der Waals surface area contributed by atoms with E-state index in [0.29, 0.717) is 11.3 Å². The zero-order chi connectivity index (χ0) is 14.8. The second-order valence-corrected chi connectivity index (χ2v) is 3.71. The van der Waals surface area contributed by atoms with Crippen LogP contribution < -0.4 is 16.0 Å². The first kappa shape index (κ1) is 13.9. The van der Waals surface area contributed by atoms with Crippen molar-refractivity contribution in [2.24, 2.45) is 5.84 Å². The maximum atomic E-state index is 12.0. The van der Waals surface area contributed by atoms with Crippen LogP contribution in [0, 0.1) is 0 Å². The van der Waals surface area contributed by atoms with Crippen LogP contribution >= 0.6 is 0 Å². The number of ether oxygens (including phenoxy) is 1. The smallest absolute Gasteiger partial charge is 0.451 e. The minimum Gasteiger partial charge on any atom is -0.451 e. The van der Waals surface area contributed by atoms with E-state index in [1.807, 2.05) is 5.43 Å². The first-order valence-electron chi connectivity index (χ1n) is 5.36. The second kappa shape index (κ2) is 5.25. The van der Waals surface area contributed by atoms with E-state index in [0.717, 1.165) is 12.1 Å². The van der Waals surface area contributed by atoms with E-state index in [-0.39, 0.29) is 11.5 Å². The number of hydrazine groups is 1. The lowest BCUT2D eigenvalue weighted by atomic mass is 10.2. The normalized spacial score (nSPS) is 11.2. The lowest BCUT2D eigenvalue weighted by molar-refractivity contribution is -0.274. The van der Waals surface area contributed by atoms with Crippen LogP contribution in [0.1, 0.15) is 10.6 Å². The molecule has 1 aromatic carbocycles. The molecule has 0 saturated heterocycles. The van der Waals surface area contributed by atoms with Crippen molar-refractivity contribution in [3.63, 3.8) is 0 Å². The van der Waals surface area contributed by atoms with Crippen LogP contribution in [-0.2, 0) is 0 Å². The van der Waals surface area contributed by atoms with Gasteiger partial charge in [-0.2, -0.15) is 0 Å². The molecule has 5 nitrogen and oxygen atoms in total. The van der Waals surface area contributed by atoms with Crippen LogP contribution in [0.4, 0.5) is 13.2 Å². The zero-order valence-corrected chi connectivity index (χ0v) is 9.90. The molecule has 1 aromatic heterocycles. The number of rotatable bonds is 3. The summed E-state index contributed by atoms with van der Waals surface area (Å²) in [6, 6.07) is 7.96. The molecule has 0 aliphatic carbocycles. The predicted molar refractivity (Wildman–Crippen MR) is 62.5 cm³/mol. The molecule has 0 fully saturated rings. The minimum atomic E-state index is -4.74. The summed E-state index contributed by atoms with van der Waals surface area (Å²) < 4.78 is 44.9. The van der Waals surface area contributed by atoms with Gasteiger partial charge in [-0.15, -0.1) is 13.2 Å². The SMILES string of the molecule is NNC(=O)c1ccc(-c2ccc(OC(F)(F)F)cc2)o1. The number of benzene rings is 1. The molecule has 0 bridgehead atoms. The number of nitrogens with two attached hydrogens (primary N) is 1. The molecule has 0 aliphatic rings. The van der Waals surface area contributed by atoms with Crippen molar-refractivity contribution >= 4 is 5.91 Å². The maximum absolute atomic E-state index is 12.0. The fourth-order valence-corrected chi connectivity index (χ4v) is 1.51. The number of carbonyl (C=O) groups excluding carboxylic acids is 1.